The van der Waals surface area contributed by atoms with Gasteiger partial charge in [-0.3, -0.25) is 4.79 Å². The third-order valence-corrected chi connectivity index (χ3v) is 4.20. The number of nitrogens with one attached hydrogen (secondary N) is 1. The van der Waals surface area contributed by atoms with E-state index in [1.54, 1.807) is 0 Å². The lowest BCUT2D eigenvalue weighted by Gasteiger charge is -2.30. The Morgan fingerprint density at radius 1 is 1.24 bits per heavy atom. The van der Waals surface area contributed by atoms with E-state index in [0.717, 1.165) is 13.1 Å². The van der Waals surface area contributed by atoms with Crippen molar-refractivity contribution in [3.8, 4) is 0 Å². The van der Waals surface area contributed by atoms with Gasteiger partial charge in [-0.15, -0.1) is 0 Å². The van der Waals surface area contributed by atoms with Crippen LogP contribution in [0.4, 0.5) is 0 Å². The number of benzene rings is 1. The van der Waals surface area contributed by atoms with Crippen LogP contribution in [0.2, 0.25) is 0 Å². The Labute approximate surface area is 128 Å². The number of nitrogens with zero attached hydrogens (tertiary/aromatic N) is 1. The fourth-order valence-electron chi connectivity index (χ4n) is 2.68. The average Bonchev–Trinajstić information content (AvgIpc) is 3.29. The van der Waals surface area contributed by atoms with Crippen LogP contribution in [0.25, 0.3) is 0 Å². The molecule has 0 heterocycles. The van der Waals surface area contributed by atoms with Gasteiger partial charge in [0.05, 0.1) is 0 Å². The zero-order valence-corrected chi connectivity index (χ0v) is 13.5. The molecule has 0 aliphatic heterocycles. The van der Waals surface area contributed by atoms with Crippen LogP contribution in [0.3, 0.4) is 0 Å². The Hall–Kier alpha value is -1.35. The number of carbonyl (C=O) groups excluding carboxylic acids is 1. The number of carbonyl (C=O) groups is 1. The van der Waals surface area contributed by atoms with Gasteiger partial charge in [-0.2, -0.15) is 0 Å². The van der Waals surface area contributed by atoms with E-state index in [9.17, 15) is 4.79 Å². The molecule has 0 bridgehead atoms. The van der Waals surface area contributed by atoms with E-state index in [0.29, 0.717) is 24.4 Å². The van der Waals surface area contributed by atoms with Gasteiger partial charge in [0.15, 0.2) is 0 Å². The summed E-state index contributed by atoms with van der Waals surface area (Å²) in [5.41, 5.74) is 1.22. The zero-order chi connectivity index (χ0) is 15.2. The molecule has 0 spiro atoms. The molecule has 2 rings (SSSR count). The van der Waals surface area contributed by atoms with E-state index in [4.69, 9.17) is 0 Å². The zero-order valence-electron chi connectivity index (χ0n) is 13.5. The van der Waals surface area contributed by atoms with Crippen LogP contribution in [0.1, 0.15) is 45.6 Å². The molecule has 0 saturated heterocycles. The molecule has 1 amide bonds. The molecule has 1 aromatic rings. The molecule has 0 aromatic heterocycles. The summed E-state index contributed by atoms with van der Waals surface area (Å²) >= 11 is 0. The van der Waals surface area contributed by atoms with Gasteiger partial charge in [-0.05, 0) is 31.2 Å². The third kappa shape index (κ3) is 5.16. The summed E-state index contributed by atoms with van der Waals surface area (Å²) in [7, 11) is 0. The topological polar surface area (TPSA) is 32.3 Å². The second-order valence-electron chi connectivity index (χ2n) is 6.44. The molecule has 1 N–H and O–H groups in total. The highest BCUT2D eigenvalue weighted by molar-refractivity contribution is 5.76. The molecule has 3 nitrogen and oxygen atoms in total. The van der Waals surface area contributed by atoms with Gasteiger partial charge in [0.25, 0.3) is 0 Å². The number of rotatable bonds is 8. The number of hydrogen-bond acceptors (Lipinski definition) is 2. The van der Waals surface area contributed by atoms with Crippen LogP contribution in [0.15, 0.2) is 30.3 Å². The molecule has 3 heteroatoms. The minimum Gasteiger partial charge on any atom is -0.335 e. The fourth-order valence-corrected chi connectivity index (χ4v) is 2.68. The second-order valence-corrected chi connectivity index (χ2v) is 6.44. The van der Waals surface area contributed by atoms with Crippen LogP contribution in [-0.2, 0) is 11.3 Å². The van der Waals surface area contributed by atoms with E-state index in [2.05, 4.69) is 43.1 Å². The quantitative estimate of drug-likeness (QED) is 0.796. The normalized spacial score (nSPS) is 16.0. The summed E-state index contributed by atoms with van der Waals surface area (Å²) in [6.45, 7) is 7.92. The molecule has 1 atom stereocenters. The van der Waals surface area contributed by atoms with Gasteiger partial charge in [0.1, 0.15) is 0 Å². The highest BCUT2D eigenvalue weighted by Gasteiger charge is 2.33. The second kappa shape index (κ2) is 7.60. The standard InChI is InChI=1S/C18H28N2O/c1-14(2)19-12-11-18(21)20(15(3)17-9-10-17)13-16-7-5-4-6-8-16/h4-8,14-15,17,19H,9-13H2,1-3H3. The maximum absolute atomic E-state index is 12.6. The van der Waals surface area contributed by atoms with Crippen molar-refractivity contribution in [2.75, 3.05) is 6.54 Å². The average molecular weight is 288 g/mol. The Morgan fingerprint density at radius 2 is 1.90 bits per heavy atom. The molecule has 1 fully saturated rings. The van der Waals surface area contributed by atoms with Gasteiger partial charge < -0.3 is 10.2 Å². The first-order valence-corrected chi connectivity index (χ1v) is 8.14. The lowest BCUT2D eigenvalue weighted by molar-refractivity contribution is -0.134. The third-order valence-electron chi connectivity index (χ3n) is 4.20. The molecule has 116 valence electrons. The summed E-state index contributed by atoms with van der Waals surface area (Å²) in [5, 5.41) is 3.33. The highest BCUT2D eigenvalue weighted by Crippen LogP contribution is 2.35. The molecule has 1 aliphatic carbocycles. The Kier molecular flexibility index (Phi) is 5.80. The van der Waals surface area contributed by atoms with Crippen molar-refractivity contribution >= 4 is 5.91 Å². The van der Waals surface area contributed by atoms with Crippen molar-refractivity contribution in [3.05, 3.63) is 35.9 Å². The Bertz CT molecular complexity index is 440. The molecule has 0 radical (unpaired) electrons. The summed E-state index contributed by atoms with van der Waals surface area (Å²) in [6, 6.07) is 11.1. The Morgan fingerprint density at radius 3 is 2.48 bits per heavy atom. The monoisotopic (exact) mass is 288 g/mol. The molecular formula is C18H28N2O. The van der Waals surface area contributed by atoms with Gasteiger partial charge in [-0.25, -0.2) is 0 Å². The van der Waals surface area contributed by atoms with Crippen LogP contribution >= 0.6 is 0 Å². The SMILES string of the molecule is CC(C)NCCC(=O)N(Cc1ccccc1)C(C)C1CC1. The van der Waals surface area contributed by atoms with E-state index in [1.807, 2.05) is 18.2 Å². The molecular weight excluding hydrogens is 260 g/mol. The lowest BCUT2D eigenvalue weighted by Crippen LogP contribution is -2.41. The largest absolute Gasteiger partial charge is 0.335 e. The predicted octanol–water partition coefficient (Wildman–Crippen LogP) is 3.20. The minimum atomic E-state index is 0.270. The molecule has 1 unspecified atom stereocenters. The van der Waals surface area contributed by atoms with Crippen molar-refractivity contribution < 1.29 is 4.79 Å². The maximum Gasteiger partial charge on any atom is 0.224 e. The minimum absolute atomic E-state index is 0.270. The van der Waals surface area contributed by atoms with Gasteiger partial charge in [0, 0.05) is 31.6 Å². The summed E-state index contributed by atoms with van der Waals surface area (Å²) in [5.74, 6) is 0.974. The lowest BCUT2D eigenvalue weighted by atomic mass is 10.1. The highest BCUT2D eigenvalue weighted by atomic mass is 16.2. The van der Waals surface area contributed by atoms with Gasteiger partial charge in [-0.1, -0.05) is 44.2 Å². The molecule has 1 aliphatic rings. The number of amides is 1. The van der Waals surface area contributed by atoms with Crippen LogP contribution in [0, 0.1) is 5.92 Å². The van der Waals surface area contributed by atoms with E-state index in [1.165, 1.54) is 18.4 Å². The van der Waals surface area contributed by atoms with Crippen molar-refractivity contribution in [2.45, 2.75) is 58.7 Å². The van der Waals surface area contributed by atoms with Crippen molar-refractivity contribution in [3.63, 3.8) is 0 Å². The first-order valence-electron chi connectivity index (χ1n) is 8.14. The summed E-state index contributed by atoms with van der Waals surface area (Å²) in [4.78, 5) is 14.7. The van der Waals surface area contributed by atoms with E-state index in [-0.39, 0.29) is 5.91 Å². The van der Waals surface area contributed by atoms with Crippen LogP contribution in [-0.4, -0.2) is 29.4 Å². The fraction of sp³-hybridized carbons (Fsp3) is 0.611. The molecule has 21 heavy (non-hydrogen) atoms. The van der Waals surface area contributed by atoms with Crippen LogP contribution in [0.5, 0.6) is 0 Å². The number of hydrogen-bond donors (Lipinski definition) is 1. The van der Waals surface area contributed by atoms with E-state index < -0.39 is 0 Å². The maximum atomic E-state index is 12.6. The predicted molar refractivity (Wildman–Crippen MR) is 86.9 cm³/mol. The molecule has 1 saturated carbocycles. The summed E-state index contributed by atoms with van der Waals surface area (Å²) < 4.78 is 0. The smallest absolute Gasteiger partial charge is 0.224 e. The van der Waals surface area contributed by atoms with Crippen LogP contribution < -0.4 is 5.32 Å². The molecule has 1 aromatic carbocycles. The van der Waals surface area contributed by atoms with Crippen molar-refractivity contribution in [2.24, 2.45) is 5.92 Å². The van der Waals surface area contributed by atoms with Gasteiger partial charge >= 0.3 is 0 Å². The first kappa shape index (κ1) is 16.0. The Balaban J connectivity index is 1.96. The van der Waals surface area contributed by atoms with E-state index >= 15 is 0 Å². The van der Waals surface area contributed by atoms with Crippen molar-refractivity contribution in [1.29, 1.82) is 0 Å². The summed E-state index contributed by atoms with van der Waals surface area (Å²) in [6.07, 6.45) is 3.12. The van der Waals surface area contributed by atoms with Gasteiger partial charge in [0.2, 0.25) is 5.91 Å². The first-order chi connectivity index (χ1) is 10.1. The van der Waals surface area contributed by atoms with Crippen molar-refractivity contribution in [1.82, 2.24) is 10.2 Å².